The van der Waals surface area contributed by atoms with E-state index in [9.17, 15) is 18.0 Å². The highest BCUT2D eigenvalue weighted by molar-refractivity contribution is 5.88. The van der Waals surface area contributed by atoms with Crippen LogP contribution in [-0.2, 0) is 19.0 Å². The summed E-state index contributed by atoms with van der Waals surface area (Å²) in [5.41, 5.74) is -1.74. The van der Waals surface area contributed by atoms with Gasteiger partial charge < -0.3 is 5.32 Å². The second kappa shape index (κ2) is 5.25. The molecule has 1 unspecified atom stereocenters. The third-order valence-electron chi connectivity index (χ3n) is 3.88. The fourth-order valence-electron chi connectivity index (χ4n) is 2.83. The van der Waals surface area contributed by atoms with E-state index in [2.05, 4.69) is 20.7 Å². The van der Waals surface area contributed by atoms with E-state index in [0.717, 1.165) is 0 Å². The Morgan fingerprint density at radius 1 is 1.35 bits per heavy atom. The second-order valence-corrected chi connectivity index (χ2v) is 5.38. The van der Waals surface area contributed by atoms with Crippen molar-refractivity contribution in [3.8, 4) is 0 Å². The molecule has 1 heterocycles. The van der Waals surface area contributed by atoms with Crippen molar-refractivity contribution >= 4 is 12.0 Å². The zero-order valence-electron chi connectivity index (χ0n) is 12.2. The first kappa shape index (κ1) is 15.3. The number of aromatic nitrogens is 3. The summed E-state index contributed by atoms with van der Waals surface area (Å²) in [6.45, 7) is 0. The Kier molecular flexibility index (Phi) is 3.50. The number of urea groups is 1. The predicted molar refractivity (Wildman–Crippen MR) is 75.7 cm³/mol. The maximum atomic E-state index is 13.7. The molecule has 0 fully saturated rings. The van der Waals surface area contributed by atoms with Gasteiger partial charge in [-0.25, -0.2) is 9.78 Å². The van der Waals surface area contributed by atoms with Gasteiger partial charge in [0, 0.05) is 7.05 Å². The van der Waals surface area contributed by atoms with Crippen molar-refractivity contribution in [2.45, 2.75) is 24.6 Å². The van der Waals surface area contributed by atoms with Gasteiger partial charge in [0.1, 0.15) is 6.33 Å². The van der Waals surface area contributed by atoms with Crippen LogP contribution in [-0.4, -0.2) is 27.0 Å². The minimum absolute atomic E-state index is 0.0615. The van der Waals surface area contributed by atoms with Gasteiger partial charge in [0.15, 0.2) is 5.54 Å². The average molecular weight is 325 g/mol. The minimum atomic E-state index is -4.62. The molecule has 23 heavy (non-hydrogen) atoms. The molecule has 6 nitrogen and oxygen atoms in total. The van der Waals surface area contributed by atoms with Crippen LogP contribution in [0.1, 0.15) is 17.5 Å². The lowest BCUT2D eigenvalue weighted by molar-refractivity contribution is -0.196. The van der Waals surface area contributed by atoms with Gasteiger partial charge >= 0.3 is 12.2 Å². The van der Waals surface area contributed by atoms with Crippen LogP contribution in [0.4, 0.5) is 23.9 Å². The van der Waals surface area contributed by atoms with Crippen LogP contribution in [0.15, 0.2) is 30.6 Å². The number of alkyl halides is 3. The van der Waals surface area contributed by atoms with Crippen LogP contribution in [0, 0.1) is 0 Å². The van der Waals surface area contributed by atoms with Crippen LogP contribution in [0.5, 0.6) is 0 Å². The van der Waals surface area contributed by atoms with Crippen LogP contribution < -0.4 is 10.6 Å². The molecule has 9 heteroatoms. The Balaban J connectivity index is 1.89. The van der Waals surface area contributed by atoms with Crippen LogP contribution >= 0.6 is 0 Å². The number of hydrogen-bond donors (Lipinski definition) is 2. The fraction of sp³-hybridized carbons (Fsp3) is 0.357. The van der Waals surface area contributed by atoms with Gasteiger partial charge in [0.2, 0.25) is 5.95 Å². The number of fused-ring (bicyclic) bond motifs is 1. The summed E-state index contributed by atoms with van der Waals surface area (Å²) < 4.78 is 42.5. The summed E-state index contributed by atoms with van der Waals surface area (Å²) >= 11 is 0. The zero-order valence-corrected chi connectivity index (χ0v) is 12.2. The molecule has 0 radical (unpaired) electrons. The molecule has 1 aliphatic rings. The highest BCUT2D eigenvalue weighted by Crippen LogP contribution is 2.47. The molecule has 2 aromatic rings. The third kappa shape index (κ3) is 2.62. The summed E-state index contributed by atoms with van der Waals surface area (Å²) in [4.78, 5) is 15.8. The number of carbonyl (C=O) groups is 1. The summed E-state index contributed by atoms with van der Waals surface area (Å²) in [5.74, 6) is -0.0615. The first-order valence-electron chi connectivity index (χ1n) is 6.92. The molecule has 1 aromatic heterocycles. The first-order valence-corrected chi connectivity index (χ1v) is 6.92. The van der Waals surface area contributed by atoms with E-state index in [1.54, 1.807) is 19.2 Å². The average Bonchev–Trinajstić information content (AvgIpc) is 3.04. The van der Waals surface area contributed by atoms with E-state index in [-0.39, 0.29) is 24.4 Å². The number of anilines is 1. The smallest absolute Gasteiger partial charge is 0.320 e. The lowest BCUT2D eigenvalue weighted by atomic mass is 9.91. The minimum Gasteiger partial charge on any atom is -0.320 e. The van der Waals surface area contributed by atoms with Crippen molar-refractivity contribution in [3.63, 3.8) is 0 Å². The van der Waals surface area contributed by atoms with Gasteiger partial charge in [-0.1, -0.05) is 24.3 Å². The lowest BCUT2D eigenvalue weighted by Crippen LogP contribution is -2.55. The summed E-state index contributed by atoms with van der Waals surface area (Å²) in [5, 5.41) is 8.11. The maximum absolute atomic E-state index is 13.7. The monoisotopic (exact) mass is 325 g/mol. The number of halogens is 3. The van der Waals surface area contributed by atoms with Crippen molar-refractivity contribution in [1.82, 2.24) is 20.1 Å². The van der Waals surface area contributed by atoms with E-state index < -0.39 is 17.7 Å². The van der Waals surface area contributed by atoms with Crippen molar-refractivity contribution in [2.75, 3.05) is 5.32 Å². The number of rotatable bonds is 2. The normalized spacial score (nSPS) is 20.2. The summed E-state index contributed by atoms with van der Waals surface area (Å²) in [6, 6.07) is 5.26. The molecule has 0 aliphatic heterocycles. The summed E-state index contributed by atoms with van der Waals surface area (Å²) in [6.07, 6.45) is -3.27. The topological polar surface area (TPSA) is 71.8 Å². The zero-order chi connectivity index (χ0) is 16.7. The fourth-order valence-corrected chi connectivity index (χ4v) is 2.83. The SMILES string of the molecule is Cn1cnc(NC(=O)NC2(C(F)(F)F)CCc3ccccc32)n1. The highest BCUT2D eigenvalue weighted by atomic mass is 19.4. The standard InChI is InChI=1S/C14H14F3N5O/c1-22-8-18-11(21-22)19-12(23)20-13(14(15,16)17)7-6-9-4-2-3-5-10(9)13/h2-5,8H,6-7H2,1H3,(H2,19,20,21,23). The van der Waals surface area contributed by atoms with Gasteiger partial charge in [0.05, 0.1) is 0 Å². The molecule has 3 rings (SSSR count). The number of aryl methyl sites for hydroxylation is 2. The molecule has 0 saturated heterocycles. The highest BCUT2D eigenvalue weighted by Gasteiger charge is 2.59. The Bertz CT molecular complexity index is 742. The van der Waals surface area contributed by atoms with E-state index >= 15 is 0 Å². The molecule has 1 atom stereocenters. The van der Waals surface area contributed by atoms with E-state index in [1.165, 1.54) is 23.1 Å². The quantitative estimate of drug-likeness (QED) is 0.890. The van der Waals surface area contributed by atoms with Crippen molar-refractivity contribution in [3.05, 3.63) is 41.7 Å². The van der Waals surface area contributed by atoms with Gasteiger partial charge in [0.25, 0.3) is 0 Å². The molecule has 0 saturated carbocycles. The van der Waals surface area contributed by atoms with E-state index in [4.69, 9.17) is 0 Å². The lowest BCUT2D eigenvalue weighted by Gasteiger charge is -2.33. The predicted octanol–water partition coefficient (Wildman–Crippen LogP) is 2.34. The number of carbonyl (C=O) groups excluding carboxylic acids is 1. The molecule has 122 valence electrons. The Morgan fingerprint density at radius 3 is 2.74 bits per heavy atom. The van der Waals surface area contributed by atoms with Crippen molar-refractivity contribution in [1.29, 1.82) is 0 Å². The van der Waals surface area contributed by atoms with Gasteiger partial charge in [-0.3, -0.25) is 10.00 Å². The molecule has 2 N–H and O–H groups in total. The Labute approximate surface area is 129 Å². The van der Waals surface area contributed by atoms with Crippen LogP contribution in [0.3, 0.4) is 0 Å². The molecular weight excluding hydrogens is 311 g/mol. The maximum Gasteiger partial charge on any atom is 0.415 e. The Morgan fingerprint density at radius 2 is 2.09 bits per heavy atom. The number of nitrogens with one attached hydrogen (secondary N) is 2. The number of nitrogens with zero attached hydrogens (tertiary/aromatic N) is 3. The molecular formula is C14H14F3N5O. The molecule has 1 aromatic carbocycles. The molecule has 0 spiro atoms. The van der Waals surface area contributed by atoms with Gasteiger partial charge in [-0.15, -0.1) is 5.10 Å². The van der Waals surface area contributed by atoms with Gasteiger partial charge in [-0.2, -0.15) is 13.2 Å². The largest absolute Gasteiger partial charge is 0.415 e. The van der Waals surface area contributed by atoms with Crippen molar-refractivity contribution in [2.24, 2.45) is 7.05 Å². The molecule has 2 amide bonds. The van der Waals surface area contributed by atoms with Crippen molar-refractivity contribution < 1.29 is 18.0 Å². The number of amides is 2. The second-order valence-electron chi connectivity index (χ2n) is 5.38. The van der Waals surface area contributed by atoms with Crippen LogP contribution in [0.25, 0.3) is 0 Å². The van der Waals surface area contributed by atoms with E-state index in [0.29, 0.717) is 5.56 Å². The van der Waals surface area contributed by atoms with Gasteiger partial charge in [-0.05, 0) is 24.0 Å². The summed E-state index contributed by atoms with van der Waals surface area (Å²) in [7, 11) is 1.58. The first-order chi connectivity index (χ1) is 10.8. The number of hydrogen-bond acceptors (Lipinski definition) is 3. The number of benzene rings is 1. The molecule has 0 bridgehead atoms. The Hall–Kier alpha value is -2.58. The third-order valence-corrected chi connectivity index (χ3v) is 3.88. The van der Waals surface area contributed by atoms with E-state index in [1.807, 2.05) is 0 Å². The molecule has 1 aliphatic carbocycles. The van der Waals surface area contributed by atoms with Crippen LogP contribution in [0.2, 0.25) is 0 Å².